The van der Waals surface area contributed by atoms with Crippen molar-refractivity contribution in [1.82, 2.24) is 18.8 Å². The number of carbonyl (C=O) groups is 1. The molecular weight excluding hydrogens is 418 g/mol. The van der Waals surface area contributed by atoms with Crippen LogP contribution in [-0.4, -0.2) is 58.0 Å². The van der Waals surface area contributed by atoms with Crippen LogP contribution in [0.15, 0.2) is 33.9 Å². The Morgan fingerprint density at radius 2 is 1.94 bits per heavy atom. The fourth-order valence-electron chi connectivity index (χ4n) is 3.80. The first-order chi connectivity index (χ1) is 15.0. The lowest BCUT2D eigenvalue weighted by atomic mass is 10.2. The number of nitrogens with zero attached hydrogens (tertiary/aromatic N) is 4. The molecule has 0 bridgehead atoms. The number of para-hydroxylation sites is 2. The monoisotopic (exact) mass is 443 g/mol. The summed E-state index contributed by atoms with van der Waals surface area (Å²) < 4.78 is 10.8. The van der Waals surface area contributed by atoms with E-state index in [1.807, 2.05) is 31.2 Å². The van der Waals surface area contributed by atoms with Crippen molar-refractivity contribution >= 4 is 34.2 Å². The van der Waals surface area contributed by atoms with Crippen molar-refractivity contribution in [2.75, 3.05) is 38.2 Å². The van der Waals surface area contributed by atoms with Gasteiger partial charge in [0.05, 0.1) is 18.3 Å². The van der Waals surface area contributed by atoms with Crippen molar-refractivity contribution in [3.05, 3.63) is 50.0 Å². The molecule has 0 atom stereocenters. The number of benzene rings is 1. The second-order valence-electron chi connectivity index (χ2n) is 7.43. The van der Waals surface area contributed by atoms with Gasteiger partial charge in [0, 0.05) is 32.7 Å². The minimum atomic E-state index is -0.499. The lowest BCUT2D eigenvalue weighted by Crippen LogP contribution is -2.48. The molecule has 0 spiro atoms. The SMILES string of the molecule is CCCCn1c(=O)[nH]c2c(C(=O)N3CCN(c4ccccc4OC)CC3)snc2c1=O. The van der Waals surface area contributed by atoms with Crippen molar-refractivity contribution in [2.24, 2.45) is 0 Å². The smallest absolute Gasteiger partial charge is 0.328 e. The van der Waals surface area contributed by atoms with E-state index in [1.165, 1.54) is 0 Å². The van der Waals surface area contributed by atoms with E-state index >= 15 is 0 Å². The Morgan fingerprint density at radius 1 is 1.19 bits per heavy atom. The molecule has 3 heterocycles. The van der Waals surface area contributed by atoms with Gasteiger partial charge in [-0.3, -0.25) is 14.2 Å². The van der Waals surface area contributed by atoms with E-state index in [0.29, 0.717) is 37.6 Å². The number of rotatable bonds is 6. The Hall–Kier alpha value is -3.14. The van der Waals surface area contributed by atoms with Gasteiger partial charge < -0.3 is 19.5 Å². The van der Waals surface area contributed by atoms with Gasteiger partial charge in [0.15, 0.2) is 5.52 Å². The predicted molar refractivity (Wildman–Crippen MR) is 121 cm³/mol. The van der Waals surface area contributed by atoms with E-state index in [0.717, 1.165) is 40.4 Å². The summed E-state index contributed by atoms with van der Waals surface area (Å²) in [6.07, 6.45) is 1.59. The Bertz CT molecular complexity index is 1210. The van der Waals surface area contributed by atoms with E-state index in [9.17, 15) is 14.4 Å². The number of H-pyrrole nitrogens is 1. The Morgan fingerprint density at radius 3 is 2.65 bits per heavy atom. The summed E-state index contributed by atoms with van der Waals surface area (Å²) in [6, 6.07) is 7.80. The zero-order chi connectivity index (χ0) is 22.0. The number of carbonyl (C=O) groups excluding carboxylic acids is 1. The fraction of sp³-hybridized carbons (Fsp3) is 0.429. The molecule has 31 heavy (non-hydrogen) atoms. The molecule has 0 saturated carbocycles. The van der Waals surface area contributed by atoms with Gasteiger partial charge in [0.2, 0.25) is 0 Å². The van der Waals surface area contributed by atoms with Crippen molar-refractivity contribution in [1.29, 1.82) is 0 Å². The van der Waals surface area contributed by atoms with Crippen LogP contribution in [0.1, 0.15) is 29.4 Å². The molecule has 1 aliphatic heterocycles. The van der Waals surface area contributed by atoms with Crippen molar-refractivity contribution < 1.29 is 9.53 Å². The molecule has 1 aliphatic rings. The maximum Gasteiger partial charge on any atom is 0.328 e. The minimum absolute atomic E-state index is 0.150. The summed E-state index contributed by atoms with van der Waals surface area (Å²) in [5, 5.41) is 0. The molecule has 1 fully saturated rings. The third-order valence-electron chi connectivity index (χ3n) is 5.54. The molecule has 0 unspecified atom stereocenters. The van der Waals surface area contributed by atoms with Gasteiger partial charge in [0.25, 0.3) is 11.5 Å². The zero-order valence-corrected chi connectivity index (χ0v) is 18.4. The summed E-state index contributed by atoms with van der Waals surface area (Å²) in [5.74, 6) is 0.584. The number of anilines is 1. The number of nitrogens with one attached hydrogen (secondary N) is 1. The standard InChI is InChI=1S/C21H25N5O4S/c1-3-4-9-26-19(27)17-16(22-21(26)29)18(31-23-17)20(28)25-12-10-24(11-13-25)14-7-5-6-8-15(14)30-2/h5-8H,3-4,9-13H2,1-2H3,(H,22,29). The van der Waals surface area contributed by atoms with E-state index in [4.69, 9.17) is 4.74 Å². The molecule has 9 nitrogen and oxygen atoms in total. The number of aromatic nitrogens is 3. The van der Waals surface area contributed by atoms with Gasteiger partial charge in [-0.1, -0.05) is 25.5 Å². The van der Waals surface area contributed by atoms with Crippen LogP contribution in [0, 0.1) is 0 Å². The molecule has 1 amide bonds. The first-order valence-corrected chi connectivity index (χ1v) is 11.1. The largest absolute Gasteiger partial charge is 0.495 e. The zero-order valence-electron chi connectivity index (χ0n) is 17.6. The number of ether oxygens (including phenoxy) is 1. The number of aromatic amines is 1. The van der Waals surface area contributed by atoms with E-state index < -0.39 is 11.2 Å². The molecule has 3 aromatic rings. The molecular formula is C21H25N5O4S. The second kappa shape index (κ2) is 8.93. The number of amides is 1. The summed E-state index contributed by atoms with van der Waals surface area (Å²) in [6.45, 7) is 4.69. The first kappa shape index (κ1) is 21.1. The van der Waals surface area contributed by atoms with Crippen LogP contribution >= 0.6 is 11.5 Å². The van der Waals surface area contributed by atoms with Gasteiger partial charge in [-0.05, 0) is 30.1 Å². The van der Waals surface area contributed by atoms with Crippen LogP contribution in [0.2, 0.25) is 0 Å². The quantitative estimate of drug-likeness (QED) is 0.625. The summed E-state index contributed by atoms with van der Waals surface area (Å²) in [5.41, 5.74) is 0.448. The maximum atomic E-state index is 13.1. The van der Waals surface area contributed by atoms with Crippen LogP contribution in [0.3, 0.4) is 0 Å². The first-order valence-electron chi connectivity index (χ1n) is 10.3. The highest BCUT2D eigenvalue weighted by Crippen LogP contribution is 2.29. The van der Waals surface area contributed by atoms with Crippen molar-refractivity contribution in [3.63, 3.8) is 0 Å². The molecule has 10 heteroatoms. The third kappa shape index (κ3) is 3.95. The average molecular weight is 444 g/mol. The van der Waals surface area contributed by atoms with Crippen LogP contribution in [0.5, 0.6) is 5.75 Å². The maximum absolute atomic E-state index is 13.1. The number of piperazine rings is 1. The highest BCUT2D eigenvalue weighted by Gasteiger charge is 2.27. The second-order valence-corrected chi connectivity index (χ2v) is 8.20. The van der Waals surface area contributed by atoms with E-state index in [1.54, 1.807) is 12.0 Å². The van der Waals surface area contributed by atoms with Crippen LogP contribution < -0.4 is 20.9 Å². The van der Waals surface area contributed by atoms with E-state index in [-0.39, 0.29) is 16.9 Å². The Kier molecular flexibility index (Phi) is 6.08. The highest BCUT2D eigenvalue weighted by molar-refractivity contribution is 7.09. The van der Waals surface area contributed by atoms with Crippen molar-refractivity contribution in [2.45, 2.75) is 26.3 Å². The number of hydrogen-bond donors (Lipinski definition) is 1. The molecule has 1 aromatic carbocycles. The van der Waals surface area contributed by atoms with Crippen LogP contribution in [0.4, 0.5) is 5.69 Å². The molecule has 1 N–H and O–H groups in total. The van der Waals surface area contributed by atoms with Gasteiger partial charge in [-0.15, -0.1) is 0 Å². The fourth-order valence-corrected chi connectivity index (χ4v) is 4.60. The topological polar surface area (TPSA) is 101 Å². The molecule has 0 radical (unpaired) electrons. The number of unbranched alkanes of at least 4 members (excludes halogenated alkanes) is 1. The number of fused-ring (bicyclic) bond motifs is 1. The van der Waals surface area contributed by atoms with Gasteiger partial charge in [-0.25, -0.2) is 4.79 Å². The Labute approximate surface area is 183 Å². The van der Waals surface area contributed by atoms with Gasteiger partial charge in [0.1, 0.15) is 10.6 Å². The molecule has 1 saturated heterocycles. The van der Waals surface area contributed by atoms with Gasteiger partial charge in [-0.2, -0.15) is 4.37 Å². The molecule has 164 valence electrons. The van der Waals surface area contributed by atoms with E-state index in [2.05, 4.69) is 14.3 Å². The molecule has 4 rings (SSSR count). The molecule has 2 aromatic heterocycles. The molecule has 0 aliphatic carbocycles. The summed E-state index contributed by atoms with van der Waals surface area (Å²) >= 11 is 0.965. The summed E-state index contributed by atoms with van der Waals surface area (Å²) in [4.78, 5) is 45.2. The normalized spacial score (nSPS) is 14.3. The predicted octanol–water partition coefficient (Wildman–Crippen LogP) is 1.92. The lowest BCUT2D eigenvalue weighted by Gasteiger charge is -2.36. The van der Waals surface area contributed by atoms with Crippen LogP contribution in [0.25, 0.3) is 11.0 Å². The van der Waals surface area contributed by atoms with Crippen molar-refractivity contribution in [3.8, 4) is 5.75 Å². The van der Waals surface area contributed by atoms with Crippen LogP contribution in [-0.2, 0) is 6.54 Å². The minimum Gasteiger partial charge on any atom is -0.495 e. The highest BCUT2D eigenvalue weighted by atomic mass is 32.1. The summed E-state index contributed by atoms with van der Waals surface area (Å²) in [7, 11) is 1.64. The lowest BCUT2D eigenvalue weighted by molar-refractivity contribution is 0.0753. The average Bonchev–Trinajstić information content (AvgIpc) is 3.22. The number of methoxy groups -OCH3 is 1. The number of hydrogen-bond acceptors (Lipinski definition) is 7. The third-order valence-corrected chi connectivity index (χ3v) is 6.37. The Balaban J connectivity index is 1.54. The van der Waals surface area contributed by atoms with Gasteiger partial charge >= 0.3 is 5.69 Å².